The number of rotatable bonds is 5. The fourth-order valence-electron chi connectivity index (χ4n) is 4.51. The van der Waals surface area contributed by atoms with Gasteiger partial charge in [-0.05, 0) is 26.0 Å². The molecule has 1 N–H and O–H groups in total. The maximum absolute atomic E-state index is 13.1. The van der Waals surface area contributed by atoms with Gasteiger partial charge in [-0.15, -0.1) is 0 Å². The van der Waals surface area contributed by atoms with Crippen LogP contribution in [0.25, 0.3) is 5.03 Å². The number of allylic oxidation sites excluding steroid dienone is 1. The number of ether oxygens (including phenoxy) is 3. The van der Waals surface area contributed by atoms with Gasteiger partial charge in [0.2, 0.25) is 0 Å². The van der Waals surface area contributed by atoms with E-state index in [0.717, 1.165) is 39.7 Å². The molecule has 8 heteroatoms. The van der Waals surface area contributed by atoms with Gasteiger partial charge < -0.3 is 24.4 Å². The Kier molecular flexibility index (Phi) is 6.17. The standard InChI is InChI=1S/C25H28ClN3O4/c1-15(2)27-21-14-17(28-20-6-5-19(26)22(20)21)13-16-3-4-18(24-23(16)32-11-12-33-24)25(30)29-7-9-31-10-8-29/h3-5,14-15H,6-13H2,1-2H3,(H,27,28). The zero-order chi connectivity index (χ0) is 22.9. The summed E-state index contributed by atoms with van der Waals surface area (Å²) >= 11 is 6.45. The Balaban J connectivity index is 1.48. The van der Waals surface area contributed by atoms with Gasteiger partial charge >= 0.3 is 0 Å². The van der Waals surface area contributed by atoms with Crippen molar-refractivity contribution < 1.29 is 19.0 Å². The van der Waals surface area contributed by atoms with E-state index in [-0.39, 0.29) is 11.9 Å². The first-order valence-electron chi connectivity index (χ1n) is 11.4. The van der Waals surface area contributed by atoms with Gasteiger partial charge in [-0.1, -0.05) is 23.7 Å². The van der Waals surface area contributed by atoms with E-state index in [9.17, 15) is 4.79 Å². The lowest BCUT2D eigenvalue weighted by Gasteiger charge is -2.29. The van der Waals surface area contributed by atoms with Gasteiger partial charge in [0.25, 0.3) is 5.91 Å². The van der Waals surface area contributed by atoms with Crippen molar-refractivity contribution >= 4 is 28.2 Å². The third kappa shape index (κ3) is 4.39. The maximum Gasteiger partial charge on any atom is 0.257 e. The molecule has 0 radical (unpaired) electrons. The number of hydrogen-bond acceptors (Lipinski definition) is 6. The van der Waals surface area contributed by atoms with E-state index in [0.29, 0.717) is 63.0 Å². The second-order valence-electron chi connectivity index (χ2n) is 8.75. The molecule has 174 valence electrons. The summed E-state index contributed by atoms with van der Waals surface area (Å²) in [7, 11) is 0. The van der Waals surface area contributed by atoms with E-state index in [4.69, 9.17) is 30.8 Å². The summed E-state index contributed by atoms with van der Waals surface area (Å²) < 4.78 is 17.3. The van der Waals surface area contributed by atoms with E-state index in [2.05, 4.69) is 25.2 Å². The number of benzene rings is 1. The smallest absolute Gasteiger partial charge is 0.257 e. The number of anilines is 1. The van der Waals surface area contributed by atoms with Gasteiger partial charge in [0.1, 0.15) is 13.2 Å². The van der Waals surface area contributed by atoms with E-state index >= 15 is 0 Å². The van der Waals surface area contributed by atoms with Gasteiger partial charge in [-0.2, -0.15) is 0 Å². The molecule has 1 aromatic carbocycles. The van der Waals surface area contributed by atoms with Crippen LogP contribution in [0.2, 0.25) is 0 Å². The minimum absolute atomic E-state index is 0.0496. The van der Waals surface area contributed by atoms with E-state index in [1.807, 2.05) is 18.2 Å². The Morgan fingerprint density at radius 2 is 1.91 bits per heavy atom. The van der Waals surface area contributed by atoms with Crippen molar-refractivity contribution in [1.29, 1.82) is 0 Å². The molecule has 1 fully saturated rings. The first kappa shape index (κ1) is 22.0. The summed E-state index contributed by atoms with van der Waals surface area (Å²) in [5.41, 5.74) is 5.36. The number of hydrogen-bond donors (Lipinski definition) is 1. The van der Waals surface area contributed by atoms with Crippen molar-refractivity contribution in [1.82, 2.24) is 9.88 Å². The molecule has 3 aliphatic rings. The third-order valence-corrected chi connectivity index (χ3v) is 6.32. The van der Waals surface area contributed by atoms with Crippen LogP contribution < -0.4 is 14.8 Å². The fourth-order valence-corrected chi connectivity index (χ4v) is 4.79. The quantitative estimate of drug-likeness (QED) is 0.716. The summed E-state index contributed by atoms with van der Waals surface area (Å²) in [6.07, 6.45) is 3.29. The number of nitrogens with zero attached hydrogens (tertiary/aromatic N) is 2. The normalized spacial score (nSPS) is 17.1. The molecular weight excluding hydrogens is 442 g/mol. The fraction of sp³-hybridized carbons (Fsp3) is 0.440. The molecule has 0 bridgehead atoms. The predicted octanol–water partition coefficient (Wildman–Crippen LogP) is 3.87. The van der Waals surface area contributed by atoms with Crippen molar-refractivity contribution in [3.05, 3.63) is 52.4 Å². The number of amides is 1. The monoisotopic (exact) mass is 469 g/mol. The van der Waals surface area contributed by atoms with Gasteiger partial charge in [-0.3, -0.25) is 9.78 Å². The highest BCUT2D eigenvalue weighted by molar-refractivity contribution is 6.49. The van der Waals surface area contributed by atoms with Crippen LogP contribution in [0, 0.1) is 0 Å². The number of morpholine rings is 1. The van der Waals surface area contributed by atoms with Crippen LogP contribution in [-0.2, 0) is 17.6 Å². The third-order valence-electron chi connectivity index (χ3n) is 5.98. The number of carbonyl (C=O) groups excluding carboxylic acids is 1. The van der Waals surface area contributed by atoms with Crippen molar-refractivity contribution in [3.63, 3.8) is 0 Å². The molecule has 0 unspecified atom stereocenters. The van der Waals surface area contributed by atoms with Crippen LogP contribution in [-0.4, -0.2) is 61.3 Å². The van der Waals surface area contributed by atoms with Crippen molar-refractivity contribution in [2.75, 3.05) is 44.8 Å². The molecule has 0 atom stereocenters. The molecule has 0 saturated carbocycles. The Bertz CT molecular complexity index is 1110. The SMILES string of the molecule is CC(C)Nc1cc(Cc2ccc(C(=O)N3CCOCC3)c3c2OCCO3)nc2c1C(Cl)=CC2. The number of aromatic nitrogens is 1. The van der Waals surface area contributed by atoms with Crippen molar-refractivity contribution in [3.8, 4) is 11.5 Å². The number of pyridine rings is 1. The molecule has 2 aromatic rings. The highest BCUT2D eigenvalue weighted by atomic mass is 35.5. The average molecular weight is 470 g/mol. The summed E-state index contributed by atoms with van der Waals surface area (Å²) in [6, 6.07) is 6.13. The summed E-state index contributed by atoms with van der Waals surface area (Å²) in [6.45, 7) is 7.35. The second kappa shape index (κ2) is 9.23. The zero-order valence-electron chi connectivity index (χ0n) is 18.9. The maximum atomic E-state index is 13.1. The number of fused-ring (bicyclic) bond motifs is 2. The van der Waals surface area contributed by atoms with Crippen LogP contribution in [0.3, 0.4) is 0 Å². The van der Waals surface area contributed by atoms with Crippen LogP contribution in [0.5, 0.6) is 11.5 Å². The number of nitrogens with one attached hydrogen (secondary N) is 1. The molecule has 1 amide bonds. The first-order valence-corrected chi connectivity index (χ1v) is 11.8. The molecule has 1 saturated heterocycles. The number of carbonyl (C=O) groups is 1. The Labute approximate surface area is 198 Å². The minimum atomic E-state index is -0.0496. The highest BCUT2D eigenvalue weighted by Gasteiger charge is 2.28. The Morgan fingerprint density at radius 3 is 2.67 bits per heavy atom. The summed E-state index contributed by atoms with van der Waals surface area (Å²) in [5.74, 6) is 1.12. The van der Waals surface area contributed by atoms with Crippen LogP contribution in [0.15, 0.2) is 24.3 Å². The first-order chi connectivity index (χ1) is 16.0. The Morgan fingerprint density at radius 1 is 1.15 bits per heavy atom. The highest BCUT2D eigenvalue weighted by Crippen LogP contribution is 2.40. The number of halogens is 1. The second-order valence-corrected chi connectivity index (χ2v) is 9.15. The summed E-state index contributed by atoms with van der Waals surface area (Å²) in [5, 5.41) is 4.25. The lowest BCUT2D eigenvalue weighted by atomic mass is 10.0. The lowest BCUT2D eigenvalue weighted by molar-refractivity contribution is 0.0298. The largest absolute Gasteiger partial charge is 0.486 e. The van der Waals surface area contributed by atoms with Crippen LogP contribution in [0.1, 0.15) is 46.7 Å². The molecule has 1 aromatic heterocycles. The molecule has 0 spiro atoms. The molecule has 1 aliphatic carbocycles. The summed E-state index contributed by atoms with van der Waals surface area (Å²) in [4.78, 5) is 19.8. The van der Waals surface area contributed by atoms with Crippen molar-refractivity contribution in [2.24, 2.45) is 0 Å². The van der Waals surface area contributed by atoms with Crippen LogP contribution >= 0.6 is 11.6 Å². The van der Waals surface area contributed by atoms with E-state index in [1.54, 1.807) is 4.90 Å². The molecule has 5 rings (SSSR count). The van der Waals surface area contributed by atoms with Gasteiger partial charge in [-0.25, -0.2) is 0 Å². The topological polar surface area (TPSA) is 72.9 Å². The molecule has 7 nitrogen and oxygen atoms in total. The van der Waals surface area contributed by atoms with Crippen LogP contribution in [0.4, 0.5) is 5.69 Å². The predicted molar refractivity (Wildman–Crippen MR) is 127 cm³/mol. The lowest BCUT2D eigenvalue weighted by Crippen LogP contribution is -2.41. The Hall–Kier alpha value is -2.77. The molecule has 3 heterocycles. The molecular formula is C25H28ClN3O4. The minimum Gasteiger partial charge on any atom is -0.486 e. The van der Waals surface area contributed by atoms with E-state index in [1.165, 1.54) is 0 Å². The van der Waals surface area contributed by atoms with Gasteiger partial charge in [0, 0.05) is 59.5 Å². The zero-order valence-corrected chi connectivity index (χ0v) is 19.7. The molecule has 2 aliphatic heterocycles. The molecule has 33 heavy (non-hydrogen) atoms. The van der Waals surface area contributed by atoms with E-state index < -0.39 is 0 Å². The van der Waals surface area contributed by atoms with Gasteiger partial charge in [0.05, 0.1) is 24.5 Å². The van der Waals surface area contributed by atoms with Gasteiger partial charge in [0.15, 0.2) is 11.5 Å². The average Bonchev–Trinajstić information content (AvgIpc) is 3.20. The van der Waals surface area contributed by atoms with Crippen molar-refractivity contribution in [2.45, 2.75) is 32.7 Å².